The summed E-state index contributed by atoms with van der Waals surface area (Å²) in [7, 11) is 0. The van der Waals surface area contributed by atoms with Crippen molar-refractivity contribution < 1.29 is 9.21 Å². The molecule has 0 saturated carbocycles. The number of hydrogen-bond acceptors (Lipinski definition) is 4. The van der Waals surface area contributed by atoms with Gasteiger partial charge in [0.1, 0.15) is 0 Å². The van der Waals surface area contributed by atoms with E-state index < -0.39 is 0 Å². The van der Waals surface area contributed by atoms with E-state index >= 15 is 0 Å². The van der Waals surface area contributed by atoms with E-state index in [1.165, 1.54) is 12.6 Å². The SMILES string of the molecule is O=C(c1cnco1)N1CCC2CNCC2C1. The molecular formula is C11H15N3O2. The zero-order valence-corrected chi connectivity index (χ0v) is 9.06. The number of amides is 1. The molecule has 0 spiro atoms. The maximum atomic E-state index is 12.0. The molecule has 1 amide bonds. The van der Waals surface area contributed by atoms with E-state index in [1.54, 1.807) is 0 Å². The van der Waals surface area contributed by atoms with Gasteiger partial charge in [-0.15, -0.1) is 0 Å². The number of aromatic nitrogens is 1. The van der Waals surface area contributed by atoms with Gasteiger partial charge in [-0.2, -0.15) is 0 Å². The van der Waals surface area contributed by atoms with Gasteiger partial charge in [-0.25, -0.2) is 4.98 Å². The molecule has 2 aliphatic rings. The smallest absolute Gasteiger partial charge is 0.291 e. The third kappa shape index (κ3) is 1.61. The summed E-state index contributed by atoms with van der Waals surface area (Å²) >= 11 is 0. The van der Waals surface area contributed by atoms with Gasteiger partial charge in [-0.1, -0.05) is 0 Å². The van der Waals surface area contributed by atoms with Crippen LogP contribution in [0.5, 0.6) is 0 Å². The second-order valence-electron chi connectivity index (χ2n) is 4.58. The molecule has 0 radical (unpaired) electrons. The molecule has 86 valence electrons. The van der Waals surface area contributed by atoms with E-state index in [0.717, 1.165) is 38.5 Å². The largest absolute Gasteiger partial charge is 0.438 e. The molecule has 2 saturated heterocycles. The minimum Gasteiger partial charge on any atom is -0.438 e. The number of piperidine rings is 1. The number of hydrogen-bond donors (Lipinski definition) is 1. The summed E-state index contributed by atoms with van der Waals surface area (Å²) in [4.78, 5) is 17.7. The monoisotopic (exact) mass is 221 g/mol. The number of fused-ring (bicyclic) bond motifs is 1. The summed E-state index contributed by atoms with van der Waals surface area (Å²) in [6, 6.07) is 0. The zero-order valence-electron chi connectivity index (χ0n) is 9.06. The van der Waals surface area contributed by atoms with Crippen molar-refractivity contribution in [2.75, 3.05) is 26.2 Å². The summed E-state index contributed by atoms with van der Waals surface area (Å²) in [5.74, 6) is 1.69. The molecule has 2 unspecified atom stereocenters. The fourth-order valence-corrected chi connectivity index (χ4v) is 2.70. The number of carbonyl (C=O) groups excluding carboxylic acids is 1. The Morgan fingerprint density at radius 1 is 1.50 bits per heavy atom. The van der Waals surface area contributed by atoms with Gasteiger partial charge in [0, 0.05) is 13.1 Å². The van der Waals surface area contributed by atoms with Crippen LogP contribution >= 0.6 is 0 Å². The van der Waals surface area contributed by atoms with Crippen LogP contribution < -0.4 is 5.32 Å². The van der Waals surface area contributed by atoms with Gasteiger partial charge in [0.2, 0.25) is 5.76 Å². The fraction of sp³-hybridized carbons (Fsp3) is 0.636. The molecule has 5 nitrogen and oxygen atoms in total. The summed E-state index contributed by atoms with van der Waals surface area (Å²) in [6.07, 6.45) is 3.88. The van der Waals surface area contributed by atoms with Gasteiger partial charge in [0.15, 0.2) is 6.39 Å². The molecule has 16 heavy (non-hydrogen) atoms. The van der Waals surface area contributed by atoms with Crippen molar-refractivity contribution in [2.45, 2.75) is 6.42 Å². The van der Waals surface area contributed by atoms with Crippen molar-refractivity contribution in [3.63, 3.8) is 0 Å². The normalized spacial score (nSPS) is 29.1. The molecule has 3 rings (SSSR count). The first-order valence-corrected chi connectivity index (χ1v) is 5.73. The molecule has 0 aliphatic carbocycles. The Labute approximate surface area is 93.8 Å². The van der Waals surface area contributed by atoms with Crippen molar-refractivity contribution >= 4 is 5.91 Å². The highest BCUT2D eigenvalue weighted by Gasteiger charge is 2.35. The first kappa shape index (κ1) is 9.84. The molecule has 0 bridgehead atoms. The molecule has 1 aromatic heterocycles. The van der Waals surface area contributed by atoms with Crippen LogP contribution in [0.4, 0.5) is 0 Å². The fourth-order valence-electron chi connectivity index (χ4n) is 2.70. The van der Waals surface area contributed by atoms with Crippen LogP contribution in [-0.2, 0) is 0 Å². The molecule has 1 aromatic rings. The van der Waals surface area contributed by atoms with Crippen molar-refractivity contribution in [1.29, 1.82) is 0 Å². The molecule has 3 heterocycles. The standard InChI is InChI=1S/C11H15N3O2/c15-11(10-5-13-7-16-10)14-2-1-8-3-12-4-9(8)6-14/h5,7-9,12H,1-4,6H2. The Kier molecular flexibility index (Phi) is 2.40. The van der Waals surface area contributed by atoms with Crippen molar-refractivity contribution in [2.24, 2.45) is 11.8 Å². The molecule has 2 atom stereocenters. The lowest BCUT2D eigenvalue weighted by atomic mass is 9.88. The van der Waals surface area contributed by atoms with Crippen LogP contribution in [-0.4, -0.2) is 42.0 Å². The van der Waals surface area contributed by atoms with E-state index in [2.05, 4.69) is 10.3 Å². The third-order valence-corrected chi connectivity index (χ3v) is 3.63. The molecule has 0 aromatic carbocycles. The molecular weight excluding hydrogens is 206 g/mol. The summed E-state index contributed by atoms with van der Waals surface area (Å²) in [5, 5.41) is 3.38. The van der Waals surface area contributed by atoms with E-state index in [9.17, 15) is 4.79 Å². The second kappa shape index (κ2) is 3.90. The summed E-state index contributed by atoms with van der Waals surface area (Å²) in [5.41, 5.74) is 0. The van der Waals surface area contributed by atoms with Crippen molar-refractivity contribution in [1.82, 2.24) is 15.2 Å². The minimum atomic E-state index is -0.0251. The van der Waals surface area contributed by atoms with E-state index in [1.807, 2.05) is 4.90 Å². The van der Waals surface area contributed by atoms with E-state index in [4.69, 9.17) is 4.42 Å². The number of oxazole rings is 1. The Balaban J connectivity index is 1.70. The van der Waals surface area contributed by atoms with Crippen LogP contribution in [0.1, 0.15) is 17.0 Å². The van der Waals surface area contributed by atoms with Gasteiger partial charge in [-0.05, 0) is 31.3 Å². The van der Waals surface area contributed by atoms with Crippen LogP contribution in [0, 0.1) is 11.8 Å². The second-order valence-corrected chi connectivity index (χ2v) is 4.58. The Morgan fingerprint density at radius 2 is 2.38 bits per heavy atom. The molecule has 2 aliphatic heterocycles. The highest BCUT2D eigenvalue weighted by Crippen LogP contribution is 2.27. The molecule has 1 N–H and O–H groups in total. The van der Waals surface area contributed by atoms with Crippen molar-refractivity contribution in [3.8, 4) is 0 Å². The maximum absolute atomic E-state index is 12.0. The topological polar surface area (TPSA) is 58.4 Å². The van der Waals surface area contributed by atoms with Crippen LogP contribution in [0.2, 0.25) is 0 Å². The van der Waals surface area contributed by atoms with E-state index in [-0.39, 0.29) is 5.91 Å². The predicted molar refractivity (Wildman–Crippen MR) is 56.9 cm³/mol. The van der Waals surface area contributed by atoms with Crippen LogP contribution in [0.15, 0.2) is 17.0 Å². The van der Waals surface area contributed by atoms with Gasteiger partial charge in [0.25, 0.3) is 5.91 Å². The summed E-state index contributed by atoms with van der Waals surface area (Å²) < 4.78 is 5.04. The summed E-state index contributed by atoms with van der Waals surface area (Å²) in [6.45, 7) is 3.82. The molecule has 2 fully saturated rings. The predicted octanol–water partition coefficient (Wildman–Crippen LogP) is 0.356. The number of nitrogens with one attached hydrogen (secondary N) is 1. The number of rotatable bonds is 1. The lowest BCUT2D eigenvalue weighted by molar-refractivity contribution is 0.0611. The minimum absolute atomic E-state index is 0.0251. The van der Waals surface area contributed by atoms with Gasteiger partial charge < -0.3 is 14.6 Å². The average molecular weight is 221 g/mol. The lowest BCUT2D eigenvalue weighted by Gasteiger charge is -2.33. The Hall–Kier alpha value is -1.36. The number of carbonyl (C=O) groups is 1. The lowest BCUT2D eigenvalue weighted by Crippen LogP contribution is -2.43. The van der Waals surface area contributed by atoms with Gasteiger partial charge in [0.05, 0.1) is 6.20 Å². The number of likely N-dealkylation sites (tertiary alicyclic amines) is 1. The first-order valence-electron chi connectivity index (χ1n) is 5.73. The van der Waals surface area contributed by atoms with Crippen LogP contribution in [0.3, 0.4) is 0 Å². The average Bonchev–Trinajstić information content (AvgIpc) is 2.98. The molecule has 5 heteroatoms. The zero-order chi connectivity index (χ0) is 11.0. The maximum Gasteiger partial charge on any atom is 0.291 e. The van der Waals surface area contributed by atoms with Crippen molar-refractivity contribution in [3.05, 3.63) is 18.4 Å². The Bertz CT molecular complexity index is 377. The van der Waals surface area contributed by atoms with Crippen LogP contribution in [0.25, 0.3) is 0 Å². The van der Waals surface area contributed by atoms with E-state index in [0.29, 0.717) is 11.7 Å². The van der Waals surface area contributed by atoms with Gasteiger partial charge >= 0.3 is 0 Å². The number of nitrogens with zero attached hydrogens (tertiary/aromatic N) is 2. The third-order valence-electron chi connectivity index (χ3n) is 3.63. The highest BCUT2D eigenvalue weighted by atomic mass is 16.3. The highest BCUT2D eigenvalue weighted by molar-refractivity contribution is 5.91. The quantitative estimate of drug-likeness (QED) is 0.743. The van der Waals surface area contributed by atoms with Gasteiger partial charge in [-0.3, -0.25) is 4.79 Å². The first-order chi connectivity index (χ1) is 7.84. The Morgan fingerprint density at radius 3 is 3.19 bits per heavy atom.